The minimum atomic E-state index is 0.0397. The van der Waals surface area contributed by atoms with Crippen molar-refractivity contribution in [1.29, 1.82) is 0 Å². The molecule has 27 heavy (non-hydrogen) atoms. The number of hydrogen-bond acceptors (Lipinski definition) is 0. The Balaban J connectivity index is 1.47. The van der Waals surface area contributed by atoms with Crippen molar-refractivity contribution in [1.82, 2.24) is 0 Å². The molecule has 144 valence electrons. The fourth-order valence-electron chi connectivity index (χ4n) is 5.05. The van der Waals surface area contributed by atoms with Gasteiger partial charge in [-0.05, 0) is 73.0 Å². The lowest BCUT2D eigenvalue weighted by Gasteiger charge is -2.26. The van der Waals surface area contributed by atoms with E-state index in [1.54, 1.807) is 0 Å². The van der Waals surface area contributed by atoms with Crippen LogP contribution in [0.2, 0.25) is 0 Å². The molecule has 0 bridgehead atoms. The van der Waals surface area contributed by atoms with Crippen LogP contribution in [0.3, 0.4) is 0 Å². The molecule has 0 nitrogen and oxygen atoms in total. The summed E-state index contributed by atoms with van der Waals surface area (Å²) in [5, 5.41) is 0. The van der Waals surface area contributed by atoms with Crippen molar-refractivity contribution in [2.75, 3.05) is 0 Å². The van der Waals surface area contributed by atoms with Crippen LogP contribution in [0.5, 0.6) is 0 Å². The van der Waals surface area contributed by atoms with E-state index >= 15 is 0 Å². The van der Waals surface area contributed by atoms with Crippen LogP contribution >= 0.6 is 0 Å². The third kappa shape index (κ3) is 4.28. The molecule has 0 unspecified atom stereocenters. The van der Waals surface area contributed by atoms with E-state index in [9.17, 15) is 4.39 Å². The highest BCUT2D eigenvalue weighted by Gasteiger charge is 2.21. The van der Waals surface area contributed by atoms with E-state index in [0.717, 1.165) is 35.8 Å². The zero-order valence-corrected chi connectivity index (χ0v) is 16.9. The van der Waals surface area contributed by atoms with Gasteiger partial charge in [0.25, 0.3) is 0 Å². The van der Waals surface area contributed by atoms with Gasteiger partial charge in [-0.25, -0.2) is 4.39 Å². The molecule has 0 aromatic heterocycles. The molecule has 0 amide bonds. The maximum atomic E-state index is 14.9. The fraction of sp³-hybridized carbons (Fsp3) is 0.538. The zero-order valence-electron chi connectivity index (χ0n) is 16.9. The van der Waals surface area contributed by atoms with Crippen molar-refractivity contribution in [3.05, 3.63) is 64.5 Å². The highest BCUT2D eigenvalue weighted by Crippen LogP contribution is 2.39. The van der Waals surface area contributed by atoms with Gasteiger partial charge < -0.3 is 0 Å². The molecule has 1 aromatic carbocycles. The Hall–Kier alpha value is -1.63. The normalized spacial score (nSPS) is 29.4. The van der Waals surface area contributed by atoms with Crippen LogP contribution in [-0.2, 0) is 0 Å². The molecule has 0 radical (unpaired) electrons. The summed E-state index contributed by atoms with van der Waals surface area (Å²) >= 11 is 0. The van der Waals surface area contributed by atoms with Gasteiger partial charge in [-0.1, -0.05) is 68.7 Å². The third-order valence-corrected chi connectivity index (χ3v) is 7.13. The van der Waals surface area contributed by atoms with Crippen molar-refractivity contribution >= 4 is 5.57 Å². The first-order valence-electron chi connectivity index (χ1n) is 11.0. The summed E-state index contributed by atoms with van der Waals surface area (Å²) in [5.74, 6) is 2.44. The maximum absolute atomic E-state index is 14.9. The number of allylic oxidation sites excluding steroid dienone is 6. The van der Waals surface area contributed by atoms with E-state index in [1.165, 1.54) is 55.2 Å². The topological polar surface area (TPSA) is 0 Å². The Bertz CT molecular complexity index is 744. The predicted octanol–water partition coefficient (Wildman–Crippen LogP) is 8.13. The van der Waals surface area contributed by atoms with Crippen LogP contribution in [0.25, 0.3) is 5.57 Å². The van der Waals surface area contributed by atoms with Crippen molar-refractivity contribution < 1.29 is 4.39 Å². The van der Waals surface area contributed by atoms with Gasteiger partial charge >= 0.3 is 0 Å². The second-order valence-corrected chi connectivity index (χ2v) is 9.22. The van der Waals surface area contributed by atoms with Gasteiger partial charge in [0.15, 0.2) is 0 Å². The van der Waals surface area contributed by atoms with Crippen molar-refractivity contribution in [2.24, 2.45) is 11.8 Å². The standard InChI is InChI=1S/C26H33F/c1-18-3-7-20(8-4-18)21-11-13-23(14-12-21)25-16-15-24(17-26(25)27)22-9-5-19(2)6-10-22/h11-16,18-20H,3-10,17H2,1-2H3. The van der Waals surface area contributed by atoms with E-state index in [4.69, 9.17) is 0 Å². The SMILES string of the molecule is CC1CCC(=C2C=CC(c3ccc(C4CCC(C)CC4)cc3)=C(F)C2)CC1. The lowest BCUT2D eigenvalue weighted by atomic mass is 9.79. The Morgan fingerprint density at radius 2 is 1.41 bits per heavy atom. The first-order chi connectivity index (χ1) is 13.1. The van der Waals surface area contributed by atoms with E-state index in [0.29, 0.717) is 12.3 Å². The molecule has 0 heterocycles. The van der Waals surface area contributed by atoms with Crippen LogP contribution in [-0.4, -0.2) is 0 Å². The van der Waals surface area contributed by atoms with E-state index in [2.05, 4.69) is 44.2 Å². The molecule has 3 aliphatic carbocycles. The summed E-state index contributed by atoms with van der Waals surface area (Å²) in [6.07, 6.45) is 14.8. The van der Waals surface area contributed by atoms with E-state index < -0.39 is 0 Å². The largest absolute Gasteiger partial charge is 0.211 e. The van der Waals surface area contributed by atoms with Gasteiger partial charge in [0, 0.05) is 12.0 Å². The fourth-order valence-corrected chi connectivity index (χ4v) is 5.05. The average molecular weight is 365 g/mol. The lowest BCUT2D eigenvalue weighted by Crippen LogP contribution is -2.10. The van der Waals surface area contributed by atoms with Gasteiger partial charge in [0.05, 0.1) is 0 Å². The molecule has 0 N–H and O–H groups in total. The zero-order chi connectivity index (χ0) is 18.8. The van der Waals surface area contributed by atoms with Gasteiger partial charge in [-0.2, -0.15) is 0 Å². The summed E-state index contributed by atoms with van der Waals surface area (Å²) in [6, 6.07) is 8.74. The number of hydrogen-bond donors (Lipinski definition) is 0. The van der Waals surface area contributed by atoms with Gasteiger partial charge in [-0.3, -0.25) is 0 Å². The molecule has 1 heteroatoms. The Morgan fingerprint density at radius 3 is 2.04 bits per heavy atom. The van der Waals surface area contributed by atoms with Gasteiger partial charge in [0.2, 0.25) is 0 Å². The lowest BCUT2D eigenvalue weighted by molar-refractivity contribution is 0.348. The van der Waals surface area contributed by atoms with Crippen LogP contribution in [0, 0.1) is 11.8 Å². The number of benzene rings is 1. The molecule has 2 saturated carbocycles. The maximum Gasteiger partial charge on any atom is 0.112 e. The van der Waals surface area contributed by atoms with Crippen LogP contribution < -0.4 is 0 Å². The molecule has 0 atom stereocenters. The van der Waals surface area contributed by atoms with Gasteiger partial charge in [0.1, 0.15) is 5.83 Å². The Labute approximate surface area is 164 Å². The Morgan fingerprint density at radius 1 is 0.778 bits per heavy atom. The quantitative estimate of drug-likeness (QED) is 0.497. The summed E-state index contributed by atoms with van der Waals surface area (Å²) < 4.78 is 14.9. The van der Waals surface area contributed by atoms with Gasteiger partial charge in [-0.15, -0.1) is 0 Å². The smallest absolute Gasteiger partial charge is 0.112 e. The molecule has 2 fully saturated rings. The van der Waals surface area contributed by atoms with E-state index in [-0.39, 0.29) is 5.83 Å². The molecule has 0 saturated heterocycles. The summed E-state index contributed by atoms with van der Waals surface area (Å²) in [4.78, 5) is 0. The molecule has 4 rings (SSSR count). The Kier molecular flexibility index (Phi) is 5.66. The molecule has 1 aromatic rings. The van der Waals surface area contributed by atoms with E-state index in [1.807, 2.05) is 6.08 Å². The van der Waals surface area contributed by atoms with Crippen LogP contribution in [0.4, 0.5) is 4.39 Å². The molecule has 0 aliphatic heterocycles. The highest BCUT2D eigenvalue weighted by molar-refractivity contribution is 5.78. The van der Waals surface area contributed by atoms with Crippen molar-refractivity contribution in [3.8, 4) is 0 Å². The molecular weight excluding hydrogens is 331 g/mol. The summed E-state index contributed by atoms with van der Waals surface area (Å²) in [5.41, 5.74) is 5.97. The minimum Gasteiger partial charge on any atom is -0.211 e. The summed E-state index contributed by atoms with van der Waals surface area (Å²) in [6.45, 7) is 4.69. The second kappa shape index (κ2) is 8.17. The highest BCUT2D eigenvalue weighted by atomic mass is 19.1. The number of halogens is 1. The molecule has 0 spiro atoms. The predicted molar refractivity (Wildman–Crippen MR) is 113 cm³/mol. The van der Waals surface area contributed by atoms with Crippen molar-refractivity contribution in [2.45, 2.75) is 77.6 Å². The molecular formula is C26H33F. The number of rotatable bonds is 2. The van der Waals surface area contributed by atoms with Crippen LogP contribution in [0.1, 0.15) is 88.7 Å². The first-order valence-corrected chi connectivity index (χ1v) is 11.0. The monoisotopic (exact) mass is 364 g/mol. The van der Waals surface area contributed by atoms with Crippen molar-refractivity contribution in [3.63, 3.8) is 0 Å². The minimum absolute atomic E-state index is 0.0397. The average Bonchev–Trinajstić information content (AvgIpc) is 2.69. The third-order valence-electron chi connectivity index (χ3n) is 7.13. The first kappa shape index (κ1) is 18.7. The molecule has 3 aliphatic rings. The van der Waals surface area contributed by atoms with Crippen LogP contribution in [0.15, 0.2) is 53.4 Å². The summed E-state index contributed by atoms with van der Waals surface area (Å²) in [7, 11) is 0. The second-order valence-electron chi connectivity index (χ2n) is 9.22.